The maximum absolute atomic E-state index is 13.8. The lowest BCUT2D eigenvalue weighted by Gasteiger charge is -2.16. The van der Waals surface area contributed by atoms with Crippen molar-refractivity contribution < 1.29 is 33.7 Å². The standard InChI is InChI=1S/C34H28BrN3O7S/c1-43-26-14-12-25(13-15-26)37-34-38(19-21-8-10-22(11-9-21)33(41)42)32(40)30(46-34)17-23-16-28(44-2)29(18-27(23)35)45-20-31(39)36-24-6-4-3-5-7-24/h3-18H,19-20H2,1-2H3,(H,36,39)(H,41,42)/b30-17-,37-34?. The number of nitrogens with zero attached hydrogens (tertiary/aromatic N) is 2. The summed E-state index contributed by atoms with van der Waals surface area (Å²) in [4.78, 5) is 44.2. The molecule has 0 radical (unpaired) electrons. The highest BCUT2D eigenvalue weighted by Crippen LogP contribution is 2.39. The Balaban J connectivity index is 1.40. The summed E-state index contributed by atoms with van der Waals surface area (Å²) in [6.07, 6.45) is 1.72. The van der Waals surface area contributed by atoms with Crippen LogP contribution in [0.15, 0.2) is 105 Å². The number of benzene rings is 4. The molecule has 234 valence electrons. The van der Waals surface area contributed by atoms with E-state index in [4.69, 9.17) is 19.2 Å². The minimum absolute atomic E-state index is 0.154. The number of thioether (sulfide) groups is 1. The number of hydrogen-bond donors (Lipinski definition) is 2. The highest BCUT2D eigenvalue weighted by molar-refractivity contribution is 9.10. The van der Waals surface area contributed by atoms with E-state index in [0.29, 0.717) is 48.7 Å². The largest absolute Gasteiger partial charge is 0.497 e. The highest BCUT2D eigenvalue weighted by Gasteiger charge is 2.34. The molecule has 0 aliphatic carbocycles. The Labute approximate surface area is 277 Å². The third-order valence-electron chi connectivity index (χ3n) is 6.71. The van der Waals surface area contributed by atoms with E-state index in [0.717, 1.165) is 5.56 Å². The fraction of sp³-hybridized carbons (Fsp3) is 0.118. The van der Waals surface area contributed by atoms with Crippen molar-refractivity contribution in [3.05, 3.63) is 117 Å². The molecule has 0 unspecified atom stereocenters. The van der Waals surface area contributed by atoms with Crippen LogP contribution in [-0.2, 0) is 16.1 Å². The average molecular weight is 703 g/mol. The lowest BCUT2D eigenvalue weighted by molar-refractivity contribution is -0.122. The second-order valence-electron chi connectivity index (χ2n) is 9.82. The first-order valence-electron chi connectivity index (χ1n) is 13.9. The van der Waals surface area contributed by atoms with Gasteiger partial charge in [0.25, 0.3) is 11.8 Å². The molecular weight excluding hydrogens is 674 g/mol. The molecule has 1 aliphatic heterocycles. The third-order valence-corrected chi connectivity index (χ3v) is 8.41. The van der Waals surface area contributed by atoms with E-state index in [1.165, 1.54) is 31.0 Å². The molecule has 0 atom stereocenters. The summed E-state index contributed by atoms with van der Waals surface area (Å²) in [6.45, 7) is -0.0551. The van der Waals surface area contributed by atoms with Gasteiger partial charge in [0.05, 0.1) is 36.9 Å². The van der Waals surface area contributed by atoms with Crippen LogP contribution in [0.1, 0.15) is 21.5 Å². The number of amidine groups is 1. The number of carbonyl (C=O) groups is 3. The van der Waals surface area contributed by atoms with Crippen LogP contribution in [0.4, 0.5) is 11.4 Å². The monoisotopic (exact) mass is 701 g/mol. The number of halogens is 1. The topological polar surface area (TPSA) is 127 Å². The molecule has 4 aromatic rings. The summed E-state index contributed by atoms with van der Waals surface area (Å²) in [5.41, 5.74) is 2.82. The van der Waals surface area contributed by atoms with Gasteiger partial charge < -0.3 is 24.6 Å². The molecule has 0 aromatic heterocycles. The molecule has 12 heteroatoms. The molecule has 4 aromatic carbocycles. The molecule has 2 amide bonds. The minimum atomic E-state index is -1.03. The van der Waals surface area contributed by atoms with Crippen LogP contribution < -0.4 is 19.5 Å². The van der Waals surface area contributed by atoms with Crippen LogP contribution in [0.2, 0.25) is 0 Å². The first-order chi connectivity index (χ1) is 22.2. The molecule has 0 bridgehead atoms. The van der Waals surface area contributed by atoms with E-state index >= 15 is 0 Å². The summed E-state index contributed by atoms with van der Waals surface area (Å²) in [6, 6.07) is 26.0. The molecule has 0 spiro atoms. The smallest absolute Gasteiger partial charge is 0.335 e. The van der Waals surface area contributed by atoms with Crippen molar-refractivity contribution >= 4 is 68.1 Å². The number of amides is 2. The lowest BCUT2D eigenvalue weighted by atomic mass is 10.1. The second-order valence-corrected chi connectivity index (χ2v) is 11.7. The Bertz CT molecular complexity index is 1810. The summed E-state index contributed by atoms with van der Waals surface area (Å²) in [5, 5.41) is 12.5. The number of carbonyl (C=O) groups excluding carboxylic acids is 2. The van der Waals surface area contributed by atoms with E-state index in [9.17, 15) is 19.5 Å². The van der Waals surface area contributed by atoms with E-state index in [1.54, 1.807) is 78.7 Å². The normalized spacial score (nSPS) is 14.4. The van der Waals surface area contributed by atoms with Crippen LogP contribution in [0, 0.1) is 0 Å². The SMILES string of the molecule is COc1ccc(N=C2S/C(=C\c3cc(OC)c(OCC(=O)Nc4ccccc4)cc3Br)C(=O)N2Cc2ccc(C(=O)O)cc2)cc1. The van der Waals surface area contributed by atoms with Gasteiger partial charge in [-0.15, -0.1) is 0 Å². The molecule has 1 saturated heterocycles. The van der Waals surface area contributed by atoms with E-state index in [-0.39, 0.29) is 30.5 Å². The third kappa shape index (κ3) is 7.95. The molecule has 46 heavy (non-hydrogen) atoms. The van der Waals surface area contributed by atoms with Gasteiger partial charge in [0.1, 0.15) is 5.75 Å². The van der Waals surface area contributed by atoms with Gasteiger partial charge in [-0.1, -0.05) is 46.3 Å². The van der Waals surface area contributed by atoms with Crippen molar-refractivity contribution in [1.82, 2.24) is 4.90 Å². The van der Waals surface area contributed by atoms with Gasteiger partial charge in [0.15, 0.2) is 23.3 Å². The van der Waals surface area contributed by atoms with Crippen LogP contribution in [0.25, 0.3) is 6.08 Å². The number of ether oxygens (including phenoxy) is 3. The molecule has 5 rings (SSSR count). The average Bonchev–Trinajstić information content (AvgIpc) is 3.34. The zero-order valence-electron chi connectivity index (χ0n) is 24.7. The molecule has 2 N–H and O–H groups in total. The van der Waals surface area contributed by atoms with Gasteiger partial charge in [-0.3, -0.25) is 14.5 Å². The maximum atomic E-state index is 13.8. The van der Waals surface area contributed by atoms with E-state index in [2.05, 4.69) is 21.2 Å². The van der Waals surface area contributed by atoms with E-state index in [1.807, 2.05) is 18.2 Å². The second kappa shape index (κ2) is 14.8. The van der Waals surface area contributed by atoms with Gasteiger partial charge in [0.2, 0.25) is 0 Å². The van der Waals surface area contributed by atoms with Gasteiger partial charge >= 0.3 is 5.97 Å². The number of hydrogen-bond acceptors (Lipinski definition) is 8. The predicted octanol–water partition coefficient (Wildman–Crippen LogP) is 6.99. The number of aliphatic imine (C=N–C) groups is 1. The Morgan fingerprint density at radius 1 is 0.957 bits per heavy atom. The fourth-order valence-corrected chi connectivity index (χ4v) is 5.80. The van der Waals surface area contributed by atoms with Gasteiger partial charge in [-0.2, -0.15) is 0 Å². The molecular formula is C34H28BrN3O7S. The zero-order valence-corrected chi connectivity index (χ0v) is 27.1. The van der Waals surface area contributed by atoms with Crippen molar-refractivity contribution in [3.63, 3.8) is 0 Å². The predicted molar refractivity (Wildman–Crippen MR) is 181 cm³/mol. The number of aromatic carboxylic acids is 1. The Morgan fingerprint density at radius 3 is 2.33 bits per heavy atom. The minimum Gasteiger partial charge on any atom is -0.497 e. The molecule has 1 fully saturated rings. The summed E-state index contributed by atoms with van der Waals surface area (Å²) >= 11 is 4.77. The number of carboxylic acids is 1. The highest BCUT2D eigenvalue weighted by atomic mass is 79.9. The summed E-state index contributed by atoms with van der Waals surface area (Å²) < 4.78 is 17.2. The quantitative estimate of drug-likeness (QED) is 0.160. The van der Waals surface area contributed by atoms with E-state index < -0.39 is 5.97 Å². The number of nitrogens with one attached hydrogen (secondary N) is 1. The Hall–Kier alpha value is -5.07. The molecule has 10 nitrogen and oxygen atoms in total. The van der Waals surface area contributed by atoms with Crippen molar-refractivity contribution in [2.24, 2.45) is 4.99 Å². The zero-order chi connectivity index (χ0) is 32.6. The molecule has 0 saturated carbocycles. The van der Waals surface area contributed by atoms with Crippen LogP contribution in [0.3, 0.4) is 0 Å². The van der Waals surface area contributed by atoms with Crippen molar-refractivity contribution in [1.29, 1.82) is 0 Å². The first-order valence-corrected chi connectivity index (χ1v) is 15.5. The number of rotatable bonds is 11. The fourth-order valence-electron chi connectivity index (χ4n) is 4.37. The molecule has 1 aliphatic rings. The van der Waals surface area contributed by atoms with Crippen LogP contribution >= 0.6 is 27.7 Å². The maximum Gasteiger partial charge on any atom is 0.335 e. The first kappa shape index (κ1) is 32.3. The van der Waals surface area contributed by atoms with Crippen molar-refractivity contribution in [2.45, 2.75) is 6.54 Å². The molecule has 1 heterocycles. The van der Waals surface area contributed by atoms with Crippen molar-refractivity contribution in [2.75, 3.05) is 26.1 Å². The van der Waals surface area contributed by atoms with Crippen LogP contribution in [0.5, 0.6) is 17.2 Å². The Kier molecular flexibility index (Phi) is 10.4. The number of methoxy groups -OCH3 is 2. The lowest BCUT2D eigenvalue weighted by Crippen LogP contribution is -2.28. The van der Waals surface area contributed by atoms with Gasteiger partial charge in [-0.05, 0) is 89.6 Å². The number of para-hydroxylation sites is 1. The number of carboxylic acid groups (broad SMARTS) is 1. The summed E-state index contributed by atoms with van der Waals surface area (Å²) in [5.74, 6) is -0.232. The van der Waals surface area contributed by atoms with Crippen molar-refractivity contribution in [3.8, 4) is 17.2 Å². The van der Waals surface area contributed by atoms with Crippen LogP contribution in [-0.4, -0.2) is 53.8 Å². The Morgan fingerprint density at radius 2 is 1.67 bits per heavy atom. The number of anilines is 1. The van der Waals surface area contributed by atoms with Gasteiger partial charge in [0, 0.05) is 10.2 Å². The van der Waals surface area contributed by atoms with Gasteiger partial charge in [-0.25, -0.2) is 9.79 Å². The summed E-state index contributed by atoms with van der Waals surface area (Å²) in [7, 11) is 3.07.